The molecule has 1 aliphatic rings. The number of fused-ring (bicyclic) bond motifs is 1. The maximum absolute atomic E-state index is 10.5. The fraction of sp³-hybridized carbons (Fsp3) is 0.385. The lowest BCUT2D eigenvalue weighted by Crippen LogP contribution is -2.33. The van der Waals surface area contributed by atoms with Gasteiger partial charge >= 0.3 is 0 Å². The molecule has 2 heterocycles. The summed E-state index contributed by atoms with van der Waals surface area (Å²) in [6.45, 7) is 1.28. The molecule has 0 radical (unpaired) electrons. The number of H-pyrrole nitrogens is 1. The smallest absolute Gasteiger partial charge is 0.0940 e. The highest BCUT2D eigenvalue weighted by Crippen LogP contribution is 2.33. The van der Waals surface area contributed by atoms with Gasteiger partial charge in [-0.25, -0.2) is 0 Å². The molecule has 0 spiro atoms. The number of hydrogen-bond donors (Lipinski definition) is 2. The Hall–Kier alpha value is -1.32. The minimum absolute atomic E-state index is 0.641. The number of aliphatic hydroxyl groups is 1. The van der Waals surface area contributed by atoms with Crippen LogP contribution in [-0.4, -0.2) is 23.3 Å². The molecule has 16 heavy (non-hydrogen) atoms. The summed E-state index contributed by atoms with van der Waals surface area (Å²) in [6.07, 6.45) is 3.29. The van der Waals surface area contributed by atoms with Crippen molar-refractivity contribution < 1.29 is 9.84 Å². The molecule has 1 aromatic carbocycles. The molecule has 0 aliphatic carbocycles. The molecule has 84 valence electrons. The third kappa shape index (κ3) is 1.52. The first-order valence-electron chi connectivity index (χ1n) is 5.66. The highest BCUT2D eigenvalue weighted by atomic mass is 16.5. The Morgan fingerprint density at radius 1 is 1.19 bits per heavy atom. The van der Waals surface area contributed by atoms with E-state index in [0.29, 0.717) is 26.1 Å². The Kier molecular flexibility index (Phi) is 2.23. The number of benzene rings is 1. The van der Waals surface area contributed by atoms with Crippen LogP contribution in [0.2, 0.25) is 0 Å². The third-order valence-corrected chi connectivity index (χ3v) is 3.41. The van der Waals surface area contributed by atoms with E-state index in [2.05, 4.69) is 11.1 Å². The van der Waals surface area contributed by atoms with E-state index in [1.165, 1.54) is 0 Å². The Balaban J connectivity index is 2.03. The van der Waals surface area contributed by atoms with Crippen molar-refractivity contribution in [1.82, 2.24) is 4.98 Å². The quantitative estimate of drug-likeness (QED) is 0.769. The number of aromatic amines is 1. The Morgan fingerprint density at radius 2 is 2.00 bits per heavy atom. The van der Waals surface area contributed by atoms with Crippen LogP contribution in [0.25, 0.3) is 10.9 Å². The average molecular weight is 217 g/mol. The van der Waals surface area contributed by atoms with Crippen molar-refractivity contribution in [3.8, 4) is 0 Å². The van der Waals surface area contributed by atoms with Crippen molar-refractivity contribution in [2.75, 3.05) is 13.2 Å². The summed E-state index contributed by atoms with van der Waals surface area (Å²) in [5, 5.41) is 11.7. The summed E-state index contributed by atoms with van der Waals surface area (Å²) in [5.41, 5.74) is 1.41. The molecular weight excluding hydrogens is 202 g/mol. The van der Waals surface area contributed by atoms with Gasteiger partial charge in [0.2, 0.25) is 0 Å². The van der Waals surface area contributed by atoms with E-state index >= 15 is 0 Å². The van der Waals surface area contributed by atoms with Crippen LogP contribution < -0.4 is 0 Å². The normalized spacial score (nSPS) is 20.1. The summed E-state index contributed by atoms with van der Waals surface area (Å²) < 4.78 is 5.29. The monoisotopic (exact) mass is 217 g/mol. The number of ether oxygens (including phenoxy) is 1. The van der Waals surface area contributed by atoms with Gasteiger partial charge in [-0.3, -0.25) is 0 Å². The first-order chi connectivity index (χ1) is 7.78. The lowest BCUT2D eigenvalue weighted by Gasteiger charge is -2.32. The van der Waals surface area contributed by atoms with E-state index in [0.717, 1.165) is 16.5 Å². The number of rotatable bonds is 1. The van der Waals surface area contributed by atoms with Gasteiger partial charge in [-0.15, -0.1) is 0 Å². The van der Waals surface area contributed by atoms with E-state index in [1.54, 1.807) is 0 Å². The van der Waals surface area contributed by atoms with Gasteiger partial charge in [0.15, 0.2) is 0 Å². The standard InChI is InChI=1S/C13H15NO2/c15-13(4-7-16-8-5-13)11-1-2-12-10(9-11)3-6-14-12/h1-3,6,9,14-15H,4-5,7-8H2. The van der Waals surface area contributed by atoms with Gasteiger partial charge in [0.25, 0.3) is 0 Å². The van der Waals surface area contributed by atoms with E-state index in [1.807, 2.05) is 24.4 Å². The molecule has 3 nitrogen and oxygen atoms in total. The Bertz CT molecular complexity index is 497. The van der Waals surface area contributed by atoms with Crippen LogP contribution in [0.3, 0.4) is 0 Å². The van der Waals surface area contributed by atoms with E-state index < -0.39 is 5.60 Å². The van der Waals surface area contributed by atoms with Gasteiger partial charge in [0.1, 0.15) is 0 Å². The first kappa shape index (κ1) is 9.87. The number of hydrogen-bond acceptors (Lipinski definition) is 2. The summed E-state index contributed by atoms with van der Waals surface area (Å²) in [5.74, 6) is 0. The molecule has 0 unspecified atom stereocenters. The van der Waals surface area contributed by atoms with Crippen LogP contribution in [0.4, 0.5) is 0 Å². The average Bonchev–Trinajstić information content (AvgIpc) is 2.77. The molecule has 2 aromatic rings. The Labute approximate surface area is 94.0 Å². The first-order valence-corrected chi connectivity index (χ1v) is 5.66. The minimum Gasteiger partial charge on any atom is -0.385 e. The predicted octanol–water partition coefficient (Wildman–Crippen LogP) is 2.17. The summed E-state index contributed by atoms with van der Waals surface area (Å²) in [6, 6.07) is 8.13. The second-order valence-corrected chi connectivity index (χ2v) is 4.42. The summed E-state index contributed by atoms with van der Waals surface area (Å²) in [4.78, 5) is 3.16. The van der Waals surface area contributed by atoms with Gasteiger partial charge in [0.05, 0.1) is 5.60 Å². The van der Waals surface area contributed by atoms with Crippen molar-refractivity contribution in [2.24, 2.45) is 0 Å². The lowest BCUT2D eigenvalue weighted by molar-refractivity contribution is -0.0678. The van der Waals surface area contributed by atoms with E-state index in [9.17, 15) is 5.11 Å². The molecule has 0 amide bonds. The molecule has 3 rings (SSSR count). The minimum atomic E-state index is -0.705. The predicted molar refractivity (Wildman–Crippen MR) is 62.2 cm³/mol. The zero-order valence-corrected chi connectivity index (χ0v) is 9.07. The fourth-order valence-electron chi connectivity index (χ4n) is 2.34. The van der Waals surface area contributed by atoms with E-state index in [-0.39, 0.29) is 0 Å². The molecule has 0 atom stereocenters. The molecule has 2 N–H and O–H groups in total. The van der Waals surface area contributed by atoms with Gasteiger partial charge < -0.3 is 14.8 Å². The van der Waals surface area contributed by atoms with Crippen LogP contribution in [0, 0.1) is 0 Å². The van der Waals surface area contributed by atoms with Gasteiger partial charge in [-0.05, 0) is 29.1 Å². The lowest BCUT2D eigenvalue weighted by atomic mass is 9.86. The van der Waals surface area contributed by atoms with Crippen LogP contribution in [0.15, 0.2) is 30.5 Å². The largest absolute Gasteiger partial charge is 0.385 e. The van der Waals surface area contributed by atoms with Gasteiger partial charge in [-0.2, -0.15) is 0 Å². The second-order valence-electron chi connectivity index (χ2n) is 4.42. The van der Waals surface area contributed by atoms with Crippen molar-refractivity contribution >= 4 is 10.9 Å². The van der Waals surface area contributed by atoms with Crippen molar-refractivity contribution in [3.63, 3.8) is 0 Å². The highest BCUT2D eigenvalue weighted by molar-refractivity contribution is 5.80. The molecule has 1 aromatic heterocycles. The number of aromatic nitrogens is 1. The van der Waals surface area contributed by atoms with Gasteiger partial charge in [-0.1, -0.05) is 6.07 Å². The van der Waals surface area contributed by atoms with Crippen molar-refractivity contribution in [1.29, 1.82) is 0 Å². The van der Waals surface area contributed by atoms with E-state index in [4.69, 9.17) is 4.74 Å². The Morgan fingerprint density at radius 3 is 2.81 bits per heavy atom. The fourth-order valence-corrected chi connectivity index (χ4v) is 2.34. The van der Waals surface area contributed by atoms with Crippen LogP contribution in [0.1, 0.15) is 18.4 Å². The van der Waals surface area contributed by atoms with Crippen molar-refractivity contribution in [2.45, 2.75) is 18.4 Å². The summed E-state index contributed by atoms with van der Waals surface area (Å²) >= 11 is 0. The van der Waals surface area contributed by atoms with Crippen LogP contribution in [-0.2, 0) is 10.3 Å². The second kappa shape index (κ2) is 3.61. The molecular formula is C13H15NO2. The molecule has 1 fully saturated rings. The topological polar surface area (TPSA) is 45.2 Å². The highest BCUT2D eigenvalue weighted by Gasteiger charge is 2.31. The molecule has 0 bridgehead atoms. The molecule has 1 aliphatic heterocycles. The maximum Gasteiger partial charge on any atom is 0.0940 e. The van der Waals surface area contributed by atoms with Gasteiger partial charge in [0, 0.05) is 37.8 Å². The SMILES string of the molecule is OC1(c2ccc3[nH]ccc3c2)CCOCC1. The van der Waals surface area contributed by atoms with Crippen molar-refractivity contribution in [3.05, 3.63) is 36.0 Å². The summed E-state index contributed by atoms with van der Waals surface area (Å²) in [7, 11) is 0. The maximum atomic E-state index is 10.5. The molecule has 0 saturated carbocycles. The van der Waals surface area contributed by atoms with Crippen LogP contribution >= 0.6 is 0 Å². The molecule has 3 heteroatoms. The molecule has 1 saturated heterocycles. The number of nitrogens with one attached hydrogen (secondary N) is 1. The third-order valence-electron chi connectivity index (χ3n) is 3.41. The zero-order chi connectivity index (χ0) is 11.0. The van der Waals surface area contributed by atoms with Crippen LogP contribution in [0.5, 0.6) is 0 Å². The zero-order valence-electron chi connectivity index (χ0n) is 9.07.